The van der Waals surface area contributed by atoms with E-state index in [9.17, 15) is 13.6 Å². The van der Waals surface area contributed by atoms with Crippen LogP contribution in [-0.2, 0) is 0 Å². The van der Waals surface area contributed by atoms with Gasteiger partial charge in [-0.3, -0.25) is 10.2 Å². The molecule has 4 N–H and O–H groups in total. The number of hydrogen-bond acceptors (Lipinski definition) is 4. The summed E-state index contributed by atoms with van der Waals surface area (Å²) in [6.45, 7) is 0. The number of carbonyl (C=O) groups excluding carboxylic acids is 1. The van der Waals surface area contributed by atoms with Gasteiger partial charge >= 0.3 is 0 Å². The molecule has 22 heavy (non-hydrogen) atoms. The van der Waals surface area contributed by atoms with E-state index in [1.54, 1.807) is 0 Å². The SMILES string of the molecule is NNC(=O)c1cnn2c1NC(c1ccccc1)CC2C(F)F. The number of rotatable bonds is 3. The van der Waals surface area contributed by atoms with Crippen LogP contribution in [0.1, 0.15) is 34.4 Å². The zero-order valence-electron chi connectivity index (χ0n) is 11.5. The molecular weight excluding hydrogens is 292 g/mol. The largest absolute Gasteiger partial charge is 0.363 e. The number of alkyl halides is 2. The molecule has 1 aliphatic rings. The van der Waals surface area contributed by atoms with Crippen molar-refractivity contribution in [3.05, 3.63) is 47.7 Å². The van der Waals surface area contributed by atoms with Gasteiger partial charge in [-0.15, -0.1) is 0 Å². The number of hydrazine groups is 1. The highest BCUT2D eigenvalue weighted by atomic mass is 19.3. The highest BCUT2D eigenvalue weighted by Crippen LogP contribution is 2.39. The van der Waals surface area contributed by atoms with E-state index in [-0.39, 0.29) is 23.8 Å². The lowest BCUT2D eigenvalue weighted by Gasteiger charge is -2.32. The van der Waals surface area contributed by atoms with E-state index in [1.165, 1.54) is 6.20 Å². The third-order valence-corrected chi connectivity index (χ3v) is 3.77. The number of halogens is 2. The molecule has 1 aliphatic heterocycles. The summed E-state index contributed by atoms with van der Waals surface area (Å²) in [6, 6.07) is 7.83. The number of amides is 1. The lowest BCUT2D eigenvalue weighted by atomic mass is 9.97. The first-order valence-electron chi connectivity index (χ1n) is 6.80. The van der Waals surface area contributed by atoms with Crippen LogP contribution in [0.25, 0.3) is 0 Å². The van der Waals surface area contributed by atoms with Crippen molar-refractivity contribution < 1.29 is 13.6 Å². The van der Waals surface area contributed by atoms with Crippen LogP contribution >= 0.6 is 0 Å². The van der Waals surface area contributed by atoms with Gasteiger partial charge in [-0.25, -0.2) is 19.3 Å². The molecule has 2 unspecified atom stereocenters. The van der Waals surface area contributed by atoms with E-state index in [0.29, 0.717) is 0 Å². The number of hydrogen-bond donors (Lipinski definition) is 3. The molecule has 116 valence electrons. The van der Waals surface area contributed by atoms with Crippen LogP contribution in [0.3, 0.4) is 0 Å². The van der Waals surface area contributed by atoms with Gasteiger partial charge in [0.25, 0.3) is 12.3 Å². The summed E-state index contributed by atoms with van der Waals surface area (Å²) >= 11 is 0. The van der Waals surface area contributed by atoms with Crippen LogP contribution in [-0.4, -0.2) is 22.1 Å². The fourth-order valence-electron chi connectivity index (χ4n) is 2.68. The summed E-state index contributed by atoms with van der Waals surface area (Å²) in [4.78, 5) is 11.7. The first kappa shape index (κ1) is 14.5. The molecule has 1 amide bonds. The molecule has 2 atom stereocenters. The normalized spacial score (nSPS) is 20.4. The predicted molar refractivity (Wildman–Crippen MR) is 76.3 cm³/mol. The Kier molecular flexibility index (Phi) is 3.76. The van der Waals surface area contributed by atoms with Crippen LogP contribution < -0.4 is 16.6 Å². The maximum Gasteiger partial charge on any atom is 0.270 e. The zero-order chi connectivity index (χ0) is 15.7. The number of fused-ring (bicyclic) bond motifs is 1. The first-order valence-corrected chi connectivity index (χ1v) is 6.80. The van der Waals surface area contributed by atoms with Crippen LogP contribution in [0, 0.1) is 0 Å². The van der Waals surface area contributed by atoms with E-state index >= 15 is 0 Å². The van der Waals surface area contributed by atoms with Gasteiger partial charge in [-0.2, -0.15) is 5.10 Å². The Morgan fingerprint density at radius 3 is 2.77 bits per heavy atom. The molecule has 0 aliphatic carbocycles. The average molecular weight is 307 g/mol. The molecule has 2 aromatic rings. The lowest BCUT2D eigenvalue weighted by molar-refractivity contribution is 0.0656. The Labute approximate surface area is 125 Å². The van der Waals surface area contributed by atoms with Crippen molar-refractivity contribution >= 4 is 11.7 Å². The molecular formula is C14H15F2N5O. The number of nitrogens with two attached hydrogens (primary N) is 1. The van der Waals surface area contributed by atoms with Gasteiger partial charge in [0.2, 0.25) is 0 Å². The van der Waals surface area contributed by atoms with Gasteiger partial charge in [0, 0.05) is 0 Å². The quantitative estimate of drug-likeness (QED) is 0.459. The van der Waals surface area contributed by atoms with Gasteiger partial charge in [0.1, 0.15) is 17.4 Å². The number of carbonyl (C=O) groups is 1. The van der Waals surface area contributed by atoms with Crippen molar-refractivity contribution in [2.24, 2.45) is 5.84 Å². The van der Waals surface area contributed by atoms with Crippen LogP contribution in [0.5, 0.6) is 0 Å². The summed E-state index contributed by atoms with van der Waals surface area (Å²) < 4.78 is 27.9. The fourth-order valence-corrected chi connectivity index (χ4v) is 2.68. The molecule has 0 radical (unpaired) electrons. The minimum Gasteiger partial charge on any atom is -0.363 e. The fraction of sp³-hybridized carbons (Fsp3) is 0.286. The van der Waals surface area contributed by atoms with Crippen molar-refractivity contribution in [2.75, 3.05) is 5.32 Å². The Morgan fingerprint density at radius 1 is 1.41 bits per heavy atom. The highest BCUT2D eigenvalue weighted by molar-refractivity contribution is 5.98. The second-order valence-electron chi connectivity index (χ2n) is 5.07. The summed E-state index contributed by atoms with van der Waals surface area (Å²) in [5, 5.41) is 7.03. The van der Waals surface area contributed by atoms with Crippen LogP contribution in [0.15, 0.2) is 36.5 Å². The molecule has 1 aromatic heterocycles. The molecule has 1 aromatic carbocycles. The molecule has 6 nitrogen and oxygen atoms in total. The van der Waals surface area contributed by atoms with Crippen molar-refractivity contribution in [3.63, 3.8) is 0 Å². The van der Waals surface area contributed by atoms with E-state index < -0.39 is 18.4 Å². The number of nitrogens with one attached hydrogen (secondary N) is 2. The van der Waals surface area contributed by atoms with Crippen LogP contribution in [0.2, 0.25) is 0 Å². The lowest BCUT2D eigenvalue weighted by Crippen LogP contribution is -2.34. The summed E-state index contributed by atoms with van der Waals surface area (Å²) in [6.07, 6.45) is -1.16. The van der Waals surface area contributed by atoms with Gasteiger partial charge < -0.3 is 5.32 Å². The van der Waals surface area contributed by atoms with E-state index in [0.717, 1.165) is 10.2 Å². The van der Waals surface area contributed by atoms with Gasteiger partial charge in [-0.1, -0.05) is 30.3 Å². The number of nitrogen functional groups attached to an aromatic ring is 1. The monoisotopic (exact) mass is 307 g/mol. The second-order valence-corrected chi connectivity index (χ2v) is 5.07. The second kappa shape index (κ2) is 5.72. The van der Waals surface area contributed by atoms with Crippen LogP contribution in [0.4, 0.5) is 14.6 Å². The van der Waals surface area contributed by atoms with Crippen molar-refractivity contribution in [1.29, 1.82) is 0 Å². The minimum absolute atomic E-state index is 0.147. The molecule has 0 bridgehead atoms. The van der Waals surface area contributed by atoms with Gasteiger partial charge in [0.15, 0.2) is 0 Å². The smallest absolute Gasteiger partial charge is 0.270 e. The predicted octanol–water partition coefficient (Wildman–Crippen LogP) is 1.85. The first-order chi connectivity index (χ1) is 10.6. The Bertz CT molecular complexity index is 673. The number of aromatic nitrogens is 2. The Hall–Kier alpha value is -2.48. The van der Waals surface area contributed by atoms with E-state index in [2.05, 4.69) is 10.4 Å². The molecule has 0 fully saturated rings. The molecule has 8 heteroatoms. The maximum absolute atomic E-state index is 13.4. The summed E-state index contributed by atoms with van der Waals surface area (Å²) in [5.74, 6) is 4.81. The van der Waals surface area contributed by atoms with E-state index in [1.807, 2.05) is 35.8 Å². The van der Waals surface area contributed by atoms with Crippen molar-refractivity contribution in [1.82, 2.24) is 15.2 Å². The number of anilines is 1. The standard InChI is InChI=1S/C14H15F2N5O/c15-12(16)11-6-10(8-4-2-1-3-5-8)19-13-9(14(22)20-17)7-18-21(11)13/h1-5,7,10-12,19H,6,17H2,(H,20,22). The summed E-state index contributed by atoms with van der Waals surface area (Å²) in [5.41, 5.74) is 3.02. The average Bonchev–Trinajstić information content (AvgIpc) is 2.97. The molecule has 0 saturated carbocycles. The molecule has 0 spiro atoms. The highest BCUT2D eigenvalue weighted by Gasteiger charge is 2.36. The minimum atomic E-state index is -2.58. The summed E-state index contributed by atoms with van der Waals surface area (Å²) in [7, 11) is 0. The van der Waals surface area contributed by atoms with E-state index in [4.69, 9.17) is 5.84 Å². The Morgan fingerprint density at radius 2 is 2.14 bits per heavy atom. The third kappa shape index (κ3) is 2.41. The topological polar surface area (TPSA) is 85.0 Å². The molecule has 3 rings (SSSR count). The zero-order valence-corrected chi connectivity index (χ0v) is 11.5. The Balaban J connectivity index is 2.02. The number of benzene rings is 1. The molecule has 0 saturated heterocycles. The van der Waals surface area contributed by atoms with Crippen molar-refractivity contribution in [3.8, 4) is 0 Å². The van der Waals surface area contributed by atoms with Crippen molar-refractivity contribution in [2.45, 2.75) is 24.9 Å². The van der Waals surface area contributed by atoms with Gasteiger partial charge in [0.05, 0.1) is 12.2 Å². The maximum atomic E-state index is 13.4. The molecule has 2 heterocycles. The van der Waals surface area contributed by atoms with Gasteiger partial charge in [-0.05, 0) is 12.0 Å². The third-order valence-electron chi connectivity index (χ3n) is 3.77. The number of nitrogens with zero attached hydrogens (tertiary/aromatic N) is 2.